The second-order valence-corrected chi connectivity index (χ2v) is 9.79. The molecule has 1 heterocycles. The molecule has 0 unspecified atom stereocenters. The Kier molecular flexibility index (Phi) is 4.19. The number of imide groups is 1. The molecule has 5 nitrogen and oxygen atoms in total. The fraction of sp³-hybridized carbons (Fsp3) is 0.370. The third-order valence-corrected chi connectivity index (χ3v) is 7.96. The molecule has 0 N–H and O–H groups in total. The van der Waals surface area contributed by atoms with Gasteiger partial charge in [0.2, 0.25) is 11.8 Å². The largest absolute Gasteiger partial charge is 0.289 e. The number of hydrogen-bond acceptors (Lipinski definition) is 3. The summed E-state index contributed by atoms with van der Waals surface area (Å²) in [5.41, 5.74) is 3.22. The van der Waals surface area contributed by atoms with E-state index in [1.165, 1.54) is 4.90 Å². The zero-order valence-electron chi connectivity index (χ0n) is 18.3. The van der Waals surface area contributed by atoms with Gasteiger partial charge in [0.05, 0.1) is 11.8 Å². The van der Waals surface area contributed by atoms with Crippen molar-refractivity contribution in [2.24, 2.45) is 35.5 Å². The van der Waals surface area contributed by atoms with Crippen molar-refractivity contribution in [2.75, 3.05) is 11.6 Å². The Morgan fingerprint density at radius 2 is 1.56 bits per heavy atom. The van der Waals surface area contributed by atoms with Crippen LogP contribution in [0.1, 0.15) is 27.9 Å². The van der Waals surface area contributed by atoms with Crippen molar-refractivity contribution < 1.29 is 14.4 Å². The standard InChI is InChI=1S/C27H26N2O3/c1-15-8-9-16(2)22(12-15)28(25(30)17-6-4-3-5-7-17)14-29-26(31)23-18-10-11-19(21-13-20(18)21)24(23)27(29)32/h3-12,18-21,23-24H,13-14H2,1-2H3/t18-,19-,20-,21-,23+,24+/m0/s1. The summed E-state index contributed by atoms with van der Waals surface area (Å²) in [6.07, 6.45) is 5.48. The Hall–Kier alpha value is -3.21. The van der Waals surface area contributed by atoms with Gasteiger partial charge in [-0.25, -0.2) is 0 Å². The Bertz CT molecular complexity index is 1130. The number of benzene rings is 2. The Balaban J connectivity index is 1.37. The summed E-state index contributed by atoms with van der Waals surface area (Å²) in [7, 11) is 0. The van der Waals surface area contributed by atoms with Crippen LogP contribution in [0.4, 0.5) is 5.69 Å². The summed E-state index contributed by atoms with van der Waals surface area (Å²) in [5, 5.41) is 0. The van der Waals surface area contributed by atoms with Crippen LogP contribution < -0.4 is 4.90 Å². The van der Waals surface area contributed by atoms with E-state index in [-0.39, 0.29) is 48.1 Å². The molecule has 5 aliphatic rings. The molecule has 2 aromatic rings. The van der Waals surface area contributed by atoms with E-state index in [1.807, 2.05) is 50.2 Å². The van der Waals surface area contributed by atoms with Crippen molar-refractivity contribution in [3.05, 3.63) is 77.4 Å². The fourth-order valence-corrected chi connectivity index (χ4v) is 6.30. The highest BCUT2D eigenvalue weighted by atomic mass is 16.2. The summed E-state index contributed by atoms with van der Waals surface area (Å²) >= 11 is 0. The van der Waals surface area contributed by atoms with E-state index >= 15 is 0 Å². The first-order valence-electron chi connectivity index (χ1n) is 11.4. The molecule has 2 saturated carbocycles. The Morgan fingerprint density at radius 3 is 2.19 bits per heavy atom. The van der Waals surface area contributed by atoms with Gasteiger partial charge in [0.1, 0.15) is 6.67 Å². The van der Waals surface area contributed by atoms with Crippen molar-refractivity contribution in [1.29, 1.82) is 0 Å². The van der Waals surface area contributed by atoms with Gasteiger partial charge in [-0.15, -0.1) is 0 Å². The van der Waals surface area contributed by atoms with Crippen molar-refractivity contribution in [3.8, 4) is 0 Å². The van der Waals surface area contributed by atoms with Gasteiger partial charge < -0.3 is 0 Å². The lowest BCUT2D eigenvalue weighted by Crippen LogP contribution is -2.45. The van der Waals surface area contributed by atoms with Gasteiger partial charge in [0.25, 0.3) is 5.91 Å². The average molecular weight is 427 g/mol. The zero-order valence-corrected chi connectivity index (χ0v) is 18.3. The summed E-state index contributed by atoms with van der Waals surface area (Å²) in [4.78, 5) is 43.6. The van der Waals surface area contributed by atoms with Crippen molar-refractivity contribution in [2.45, 2.75) is 20.3 Å². The predicted molar refractivity (Wildman–Crippen MR) is 121 cm³/mol. The molecule has 1 aliphatic heterocycles. The summed E-state index contributed by atoms with van der Waals surface area (Å²) in [6.45, 7) is 3.88. The van der Waals surface area contributed by atoms with Crippen LogP contribution in [-0.2, 0) is 9.59 Å². The Morgan fingerprint density at radius 1 is 0.938 bits per heavy atom. The van der Waals surface area contributed by atoms with Gasteiger partial charge in [-0.2, -0.15) is 0 Å². The van der Waals surface area contributed by atoms with Crippen molar-refractivity contribution >= 4 is 23.4 Å². The number of aryl methyl sites for hydroxylation is 2. The lowest BCUT2D eigenvalue weighted by atomic mass is 9.63. The van der Waals surface area contributed by atoms with E-state index in [4.69, 9.17) is 0 Å². The van der Waals surface area contributed by atoms with Gasteiger partial charge in [0, 0.05) is 11.3 Å². The number of likely N-dealkylation sites (tertiary alicyclic amines) is 1. The predicted octanol–water partition coefficient (Wildman–Crippen LogP) is 3.96. The molecule has 0 radical (unpaired) electrons. The molecule has 2 aromatic carbocycles. The number of carbonyl (C=O) groups is 3. The molecule has 5 heteroatoms. The van der Waals surface area contributed by atoms with Crippen LogP contribution in [0.3, 0.4) is 0 Å². The SMILES string of the molecule is Cc1ccc(C)c(N(CN2C(=O)[C@@H]3[C@H]4C=C[C@@H]([C@@H]5C[C@@H]45)[C@H]3C2=O)C(=O)c2ccccc2)c1. The number of carbonyl (C=O) groups excluding carboxylic acids is 3. The molecule has 162 valence electrons. The number of allylic oxidation sites excluding steroid dienone is 2. The highest BCUT2D eigenvalue weighted by Gasteiger charge is 2.67. The van der Waals surface area contributed by atoms with E-state index in [0.717, 1.165) is 23.2 Å². The summed E-state index contributed by atoms with van der Waals surface area (Å²) in [6, 6.07) is 15.0. The number of hydrogen-bond donors (Lipinski definition) is 0. The van der Waals surface area contributed by atoms with Crippen LogP contribution in [0.2, 0.25) is 0 Å². The maximum Gasteiger partial charge on any atom is 0.259 e. The Labute approximate surface area is 187 Å². The molecule has 4 aliphatic carbocycles. The second kappa shape index (κ2) is 6.89. The number of amides is 3. The highest BCUT2D eigenvalue weighted by Crippen LogP contribution is 2.65. The second-order valence-electron chi connectivity index (χ2n) is 9.79. The molecule has 0 spiro atoms. The number of anilines is 1. The van der Waals surface area contributed by atoms with E-state index in [9.17, 15) is 14.4 Å². The smallest absolute Gasteiger partial charge is 0.259 e. The first-order valence-corrected chi connectivity index (χ1v) is 11.4. The molecule has 0 aromatic heterocycles. The molecule has 1 saturated heterocycles. The zero-order chi connectivity index (χ0) is 22.1. The van der Waals surface area contributed by atoms with Gasteiger partial charge >= 0.3 is 0 Å². The molecular weight excluding hydrogens is 400 g/mol. The van der Waals surface area contributed by atoms with Crippen molar-refractivity contribution in [1.82, 2.24) is 4.90 Å². The van der Waals surface area contributed by atoms with E-state index < -0.39 is 0 Å². The lowest BCUT2D eigenvalue weighted by Gasteiger charge is -2.37. The van der Waals surface area contributed by atoms with E-state index in [2.05, 4.69) is 12.2 Å². The van der Waals surface area contributed by atoms with Crippen LogP contribution in [0.5, 0.6) is 0 Å². The van der Waals surface area contributed by atoms with E-state index in [0.29, 0.717) is 17.4 Å². The molecule has 2 bridgehead atoms. The van der Waals surface area contributed by atoms with Crippen LogP contribution in [0.15, 0.2) is 60.7 Å². The highest BCUT2D eigenvalue weighted by molar-refractivity contribution is 6.10. The minimum Gasteiger partial charge on any atom is -0.289 e. The monoisotopic (exact) mass is 426 g/mol. The molecule has 32 heavy (non-hydrogen) atoms. The molecule has 3 amide bonds. The number of nitrogens with zero attached hydrogens (tertiary/aromatic N) is 2. The van der Waals surface area contributed by atoms with Gasteiger partial charge in [-0.1, -0.05) is 42.5 Å². The first-order chi connectivity index (χ1) is 15.5. The summed E-state index contributed by atoms with van der Waals surface area (Å²) < 4.78 is 0. The van der Waals surface area contributed by atoms with Gasteiger partial charge in [-0.05, 0) is 73.3 Å². The molecule has 3 fully saturated rings. The quantitative estimate of drug-likeness (QED) is 0.549. The maximum atomic E-state index is 13.6. The minimum atomic E-state index is -0.256. The first kappa shape index (κ1) is 19.5. The molecule has 6 atom stereocenters. The van der Waals surface area contributed by atoms with Crippen molar-refractivity contribution in [3.63, 3.8) is 0 Å². The topological polar surface area (TPSA) is 57.7 Å². The minimum absolute atomic E-state index is 0.0442. The normalized spacial score (nSPS) is 31.5. The fourth-order valence-electron chi connectivity index (χ4n) is 6.30. The number of rotatable bonds is 4. The van der Waals surface area contributed by atoms with Crippen LogP contribution >= 0.6 is 0 Å². The molecule has 7 rings (SSSR count). The third-order valence-electron chi connectivity index (χ3n) is 7.96. The van der Waals surface area contributed by atoms with Gasteiger partial charge in [0.15, 0.2) is 0 Å². The molecular formula is C27H26N2O3. The third kappa shape index (κ3) is 2.73. The van der Waals surface area contributed by atoms with Crippen LogP contribution in [0, 0.1) is 49.4 Å². The summed E-state index contributed by atoms with van der Waals surface area (Å²) in [5.74, 6) is 0.529. The average Bonchev–Trinajstić information content (AvgIpc) is 3.59. The van der Waals surface area contributed by atoms with Crippen LogP contribution in [0.25, 0.3) is 0 Å². The van der Waals surface area contributed by atoms with E-state index in [1.54, 1.807) is 17.0 Å². The maximum absolute atomic E-state index is 13.6. The van der Waals surface area contributed by atoms with Crippen LogP contribution in [-0.4, -0.2) is 29.3 Å². The lowest BCUT2D eigenvalue weighted by molar-refractivity contribution is -0.140. The van der Waals surface area contributed by atoms with Gasteiger partial charge in [-0.3, -0.25) is 24.2 Å².